The molecule has 1 atom stereocenters. The van der Waals surface area contributed by atoms with E-state index in [1.54, 1.807) is 19.6 Å². The predicted octanol–water partition coefficient (Wildman–Crippen LogP) is 5.13. The Kier molecular flexibility index (Phi) is 7.88. The van der Waals surface area contributed by atoms with Gasteiger partial charge in [-0.2, -0.15) is 26.3 Å². The Balaban J connectivity index is 6.64. The quantitative estimate of drug-likeness (QED) is 0.278. The van der Waals surface area contributed by atoms with E-state index in [0.29, 0.717) is 0 Å². The molecule has 0 aromatic heterocycles. The zero-order valence-corrected chi connectivity index (χ0v) is 16.3. The lowest BCUT2D eigenvalue weighted by molar-refractivity contribution is -0.337. The fourth-order valence-electron chi connectivity index (χ4n) is 2.74. The van der Waals surface area contributed by atoms with Crippen molar-refractivity contribution < 1.29 is 54.9 Å². The van der Waals surface area contributed by atoms with E-state index in [2.05, 4.69) is 0 Å². The van der Waals surface area contributed by atoms with Crippen molar-refractivity contribution in [1.29, 1.82) is 0 Å². The maximum absolute atomic E-state index is 13.9. The molecule has 0 saturated carbocycles. The smallest absolute Gasteiger partial charge is 0.378 e. The first-order valence-corrected chi connectivity index (χ1v) is 11.4. The van der Waals surface area contributed by atoms with Crippen molar-refractivity contribution in [2.45, 2.75) is 69.1 Å². The van der Waals surface area contributed by atoms with Crippen molar-refractivity contribution in [1.82, 2.24) is 0 Å². The van der Waals surface area contributed by atoms with Gasteiger partial charge in [0.1, 0.15) is 0 Å². The third kappa shape index (κ3) is 5.03. The second-order valence-electron chi connectivity index (χ2n) is 7.21. The highest BCUT2D eigenvalue weighted by Gasteiger charge is 2.75. The highest BCUT2D eigenvalue weighted by molar-refractivity contribution is 6.78. The molecule has 0 bridgehead atoms. The highest BCUT2D eigenvalue weighted by atomic mass is 28.3. The average Bonchev–Trinajstić information content (AvgIpc) is 2.48. The number of alkyl halides is 8. The minimum Gasteiger partial charge on any atom is -0.478 e. The number of halogens is 8. The van der Waals surface area contributed by atoms with E-state index in [1.165, 1.54) is 6.92 Å². The minimum absolute atomic E-state index is 0.0523. The van der Waals surface area contributed by atoms with E-state index in [1.807, 2.05) is 0 Å². The molecule has 0 heterocycles. The van der Waals surface area contributed by atoms with Crippen molar-refractivity contribution in [3.05, 3.63) is 11.1 Å². The SMILES string of the molecule is CCC(C(C(=O)O)=C(CC(F)(F)C(F)(F)C(F)(F)C(F)F)C(=O)O)[Si](C)(C)C. The number of hydrogen-bond acceptors (Lipinski definition) is 2. The summed E-state index contributed by atoms with van der Waals surface area (Å²) in [5.74, 6) is -23.4. The molecule has 0 radical (unpaired) electrons. The van der Waals surface area contributed by atoms with Crippen molar-refractivity contribution >= 4 is 20.0 Å². The van der Waals surface area contributed by atoms with Gasteiger partial charge in [0, 0.05) is 5.57 Å². The normalized spacial score (nSPS) is 16.0. The largest absolute Gasteiger partial charge is 0.478 e. The molecule has 13 heteroatoms. The van der Waals surface area contributed by atoms with Crippen LogP contribution in [0.2, 0.25) is 25.2 Å². The molecule has 0 aliphatic rings. The molecular weight excluding hydrogens is 424 g/mol. The number of carboxylic acids is 2. The average molecular weight is 444 g/mol. The summed E-state index contributed by atoms with van der Waals surface area (Å²) in [7, 11) is -2.60. The van der Waals surface area contributed by atoms with E-state index in [9.17, 15) is 49.8 Å². The first-order chi connectivity index (χ1) is 12.3. The molecule has 0 aliphatic carbocycles. The second kappa shape index (κ2) is 8.37. The third-order valence-electron chi connectivity index (χ3n) is 4.17. The predicted molar refractivity (Wildman–Crippen MR) is 85.1 cm³/mol. The molecule has 1 unspecified atom stereocenters. The van der Waals surface area contributed by atoms with Crippen LogP contribution in [0.3, 0.4) is 0 Å². The first-order valence-electron chi connectivity index (χ1n) is 7.86. The van der Waals surface area contributed by atoms with Gasteiger partial charge < -0.3 is 10.2 Å². The number of rotatable bonds is 10. The van der Waals surface area contributed by atoms with Crippen LogP contribution in [0.25, 0.3) is 0 Å². The summed E-state index contributed by atoms with van der Waals surface area (Å²) in [6.07, 6.45) is -7.86. The van der Waals surface area contributed by atoms with Crippen molar-refractivity contribution in [2.75, 3.05) is 0 Å². The fourth-order valence-corrected chi connectivity index (χ4v) is 5.13. The van der Waals surface area contributed by atoms with Crippen LogP contribution in [0.1, 0.15) is 19.8 Å². The summed E-state index contributed by atoms with van der Waals surface area (Å²) >= 11 is 0. The lowest BCUT2D eigenvalue weighted by Gasteiger charge is -2.34. The Morgan fingerprint density at radius 1 is 0.929 bits per heavy atom. The van der Waals surface area contributed by atoms with Gasteiger partial charge in [-0.1, -0.05) is 33.0 Å². The molecule has 0 aliphatic heterocycles. The zero-order chi connectivity index (χ0) is 22.9. The van der Waals surface area contributed by atoms with E-state index in [0.717, 1.165) is 0 Å². The molecule has 0 aromatic rings. The van der Waals surface area contributed by atoms with Gasteiger partial charge in [-0.25, -0.2) is 18.4 Å². The van der Waals surface area contributed by atoms with Crippen LogP contribution >= 0.6 is 0 Å². The third-order valence-corrected chi connectivity index (χ3v) is 6.95. The van der Waals surface area contributed by atoms with Gasteiger partial charge in [0.15, 0.2) is 0 Å². The van der Waals surface area contributed by atoms with E-state index >= 15 is 0 Å². The molecular formula is C15H20F8O4Si. The van der Waals surface area contributed by atoms with Crippen LogP contribution < -0.4 is 0 Å². The summed E-state index contributed by atoms with van der Waals surface area (Å²) in [4.78, 5) is 22.9. The molecule has 164 valence electrons. The topological polar surface area (TPSA) is 74.6 Å². The van der Waals surface area contributed by atoms with Gasteiger partial charge in [0.25, 0.3) is 0 Å². The lowest BCUT2D eigenvalue weighted by Crippen LogP contribution is -2.57. The number of hydrogen-bond donors (Lipinski definition) is 2. The molecule has 0 amide bonds. The maximum atomic E-state index is 13.9. The van der Waals surface area contributed by atoms with Gasteiger partial charge in [-0.05, 0) is 5.54 Å². The number of aliphatic carboxylic acids is 2. The Morgan fingerprint density at radius 3 is 1.61 bits per heavy atom. The minimum atomic E-state index is -6.63. The molecule has 0 saturated heterocycles. The van der Waals surface area contributed by atoms with Crippen LogP contribution in [0, 0.1) is 0 Å². The number of carboxylic acid groups (broad SMARTS) is 2. The Morgan fingerprint density at radius 2 is 1.36 bits per heavy atom. The van der Waals surface area contributed by atoms with Crippen LogP contribution in [-0.4, -0.2) is 54.4 Å². The van der Waals surface area contributed by atoms with E-state index in [4.69, 9.17) is 5.11 Å². The molecule has 0 aromatic carbocycles. The molecule has 0 rings (SSSR count). The zero-order valence-electron chi connectivity index (χ0n) is 15.3. The van der Waals surface area contributed by atoms with Gasteiger partial charge in [-0.15, -0.1) is 0 Å². The maximum Gasteiger partial charge on any atom is 0.378 e. The molecule has 4 nitrogen and oxygen atoms in total. The van der Waals surface area contributed by atoms with Gasteiger partial charge in [0.2, 0.25) is 0 Å². The van der Waals surface area contributed by atoms with Crippen molar-refractivity contribution in [2.24, 2.45) is 0 Å². The summed E-state index contributed by atoms with van der Waals surface area (Å²) in [6.45, 7) is 6.08. The van der Waals surface area contributed by atoms with E-state index < -0.39 is 67.3 Å². The Hall–Kier alpha value is -1.66. The Bertz CT molecular complexity index is 640. The van der Waals surface area contributed by atoms with E-state index in [-0.39, 0.29) is 6.42 Å². The second-order valence-corrected chi connectivity index (χ2v) is 12.6. The summed E-state index contributed by atoms with van der Waals surface area (Å²) in [5.41, 5.74) is -3.95. The molecule has 0 fully saturated rings. The highest BCUT2D eigenvalue weighted by Crippen LogP contribution is 2.51. The monoisotopic (exact) mass is 444 g/mol. The van der Waals surface area contributed by atoms with Crippen LogP contribution in [0.15, 0.2) is 11.1 Å². The van der Waals surface area contributed by atoms with Crippen LogP contribution in [0.4, 0.5) is 35.1 Å². The molecule has 2 N–H and O–H groups in total. The Labute approximate surface area is 156 Å². The number of carbonyl (C=O) groups is 2. The molecule has 28 heavy (non-hydrogen) atoms. The first kappa shape index (κ1) is 26.3. The summed E-state index contributed by atoms with van der Waals surface area (Å²) in [6, 6.07) is 0. The molecule has 0 spiro atoms. The van der Waals surface area contributed by atoms with Crippen molar-refractivity contribution in [3.8, 4) is 0 Å². The fraction of sp³-hybridized carbons (Fsp3) is 0.733. The summed E-state index contributed by atoms with van der Waals surface area (Å²) < 4.78 is 105. The van der Waals surface area contributed by atoms with Gasteiger partial charge >= 0.3 is 36.1 Å². The van der Waals surface area contributed by atoms with Crippen molar-refractivity contribution in [3.63, 3.8) is 0 Å². The summed E-state index contributed by atoms with van der Waals surface area (Å²) in [5, 5.41) is 18.4. The van der Waals surface area contributed by atoms with Gasteiger partial charge in [-0.3, -0.25) is 0 Å². The lowest BCUT2D eigenvalue weighted by atomic mass is 9.92. The standard InChI is InChI=1S/C15H20F8O4Si/c1-5-8(28(2,3)4)9(11(26)27)7(10(24)25)6-13(18,19)15(22,23)14(20,21)12(16)17/h8,12H,5-6H2,1-4H3,(H,24,25)(H,26,27). The van der Waals surface area contributed by atoms with Crippen LogP contribution in [-0.2, 0) is 9.59 Å². The van der Waals surface area contributed by atoms with Gasteiger partial charge in [0.05, 0.1) is 20.1 Å². The van der Waals surface area contributed by atoms with Crippen LogP contribution in [0.5, 0.6) is 0 Å².